The van der Waals surface area contributed by atoms with E-state index in [1.807, 2.05) is 18.2 Å². The normalized spacial score (nSPS) is 17.9. The zero-order valence-electron chi connectivity index (χ0n) is 12.1. The van der Waals surface area contributed by atoms with Gasteiger partial charge in [0, 0.05) is 29.2 Å². The summed E-state index contributed by atoms with van der Waals surface area (Å²) >= 11 is 0. The summed E-state index contributed by atoms with van der Waals surface area (Å²) in [6.07, 6.45) is 5.26. The molecule has 1 unspecified atom stereocenters. The number of nitrogens with one attached hydrogen (secondary N) is 2. The van der Waals surface area contributed by atoms with Crippen molar-refractivity contribution < 1.29 is 14.7 Å². The van der Waals surface area contributed by atoms with Crippen LogP contribution in [0.2, 0.25) is 0 Å². The Kier molecular flexibility index (Phi) is 3.33. The number of carbonyl (C=O) groups is 2. The van der Waals surface area contributed by atoms with E-state index >= 15 is 0 Å². The van der Waals surface area contributed by atoms with Crippen LogP contribution in [0.3, 0.4) is 0 Å². The van der Waals surface area contributed by atoms with E-state index < -0.39 is 11.4 Å². The van der Waals surface area contributed by atoms with Gasteiger partial charge in [0.15, 0.2) is 0 Å². The van der Waals surface area contributed by atoms with Crippen LogP contribution in [0.15, 0.2) is 48.8 Å². The lowest BCUT2D eigenvalue weighted by Crippen LogP contribution is -2.33. The molecule has 1 aromatic heterocycles. The van der Waals surface area contributed by atoms with Crippen LogP contribution in [0.1, 0.15) is 24.5 Å². The van der Waals surface area contributed by atoms with Crippen molar-refractivity contribution in [2.45, 2.75) is 18.8 Å². The Balaban J connectivity index is 2.19. The fourth-order valence-electron chi connectivity index (χ4n) is 2.86. The predicted octanol–water partition coefficient (Wildman–Crippen LogP) is 2.78. The van der Waals surface area contributed by atoms with E-state index in [-0.39, 0.29) is 5.91 Å². The van der Waals surface area contributed by atoms with Crippen molar-refractivity contribution in [1.82, 2.24) is 4.98 Å². The van der Waals surface area contributed by atoms with Gasteiger partial charge < -0.3 is 15.4 Å². The maximum atomic E-state index is 12.2. The number of rotatable bonds is 4. The molecule has 1 aliphatic rings. The average Bonchev–Trinajstić information content (AvgIpc) is 3.13. The number of aromatic amines is 1. The summed E-state index contributed by atoms with van der Waals surface area (Å²) in [5, 5.41) is 12.6. The molecule has 1 aliphatic heterocycles. The number of aliphatic carboxylic acids is 1. The minimum Gasteiger partial charge on any atom is -0.480 e. The SMILES string of the molecule is CCC(C=C1C(=O)Nc2ccccc21)(C(=O)O)c1cc[nH]c1. The molecular formula is C17H16N2O3. The lowest BCUT2D eigenvalue weighted by molar-refractivity contribution is -0.142. The Morgan fingerprint density at radius 2 is 2.09 bits per heavy atom. The Morgan fingerprint density at radius 1 is 1.32 bits per heavy atom. The van der Waals surface area contributed by atoms with Crippen molar-refractivity contribution in [3.05, 3.63) is 59.9 Å². The number of anilines is 1. The molecule has 1 amide bonds. The number of hydrogen-bond donors (Lipinski definition) is 3. The van der Waals surface area contributed by atoms with Gasteiger partial charge in [-0.1, -0.05) is 25.1 Å². The number of para-hydroxylation sites is 1. The van der Waals surface area contributed by atoms with E-state index in [4.69, 9.17) is 0 Å². The zero-order valence-corrected chi connectivity index (χ0v) is 12.1. The highest BCUT2D eigenvalue weighted by Gasteiger charge is 2.39. The third-order valence-electron chi connectivity index (χ3n) is 4.15. The van der Waals surface area contributed by atoms with Crippen molar-refractivity contribution >= 4 is 23.1 Å². The van der Waals surface area contributed by atoms with Gasteiger partial charge >= 0.3 is 5.97 Å². The molecule has 0 saturated heterocycles. The molecule has 5 heteroatoms. The Hall–Kier alpha value is -2.82. The van der Waals surface area contributed by atoms with Gasteiger partial charge in [-0.3, -0.25) is 9.59 Å². The zero-order chi connectivity index (χ0) is 15.7. The minimum absolute atomic E-state index is 0.268. The molecule has 5 nitrogen and oxygen atoms in total. The van der Waals surface area contributed by atoms with Crippen molar-refractivity contribution in [3.63, 3.8) is 0 Å². The third kappa shape index (κ3) is 2.02. The number of carboxylic acid groups (broad SMARTS) is 1. The van der Waals surface area contributed by atoms with E-state index in [0.717, 1.165) is 5.56 Å². The third-order valence-corrected chi connectivity index (χ3v) is 4.15. The van der Waals surface area contributed by atoms with Gasteiger partial charge in [-0.15, -0.1) is 0 Å². The van der Waals surface area contributed by atoms with Crippen molar-refractivity contribution in [1.29, 1.82) is 0 Å². The Labute approximate surface area is 127 Å². The van der Waals surface area contributed by atoms with Crippen LogP contribution in [0.5, 0.6) is 0 Å². The number of aromatic nitrogens is 1. The van der Waals surface area contributed by atoms with Crippen LogP contribution >= 0.6 is 0 Å². The number of H-pyrrole nitrogens is 1. The number of amides is 1. The predicted molar refractivity (Wildman–Crippen MR) is 83.4 cm³/mol. The van der Waals surface area contributed by atoms with Crippen LogP contribution in [0.25, 0.3) is 5.57 Å². The highest BCUT2D eigenvalue weighted by molar-refractivity contribution is 6.32. The molecule has 0 bridgehead atoms. The van der Waals surface area contributed by atoms with Gasteiger partial charge in [-0.25, -0.2) is 0 Å². The summed E-state index contributed by atoms with van der Waals surface area (Å²) in [7, 11) is 0. The molecule has 2 aromatic rings. The van der Waals surface area contributed by atoms with Gasteiger partial charge in [0.1, 0.15) is 5.41 Å². The first-order valence-corrected chi connectivity index (χ1v) is 7.09. The molecule has 1 atom stereocenters. The number of hydrogen-bond acceptors (Lipinski definition) is 2. The van der Waals surface area contributed by atoms with E-state index in [2.05, 4.69) is 10.3 Å². The molecular weight excluding hydrogens is 280 g/mol. The Bertz CT molecular complexity index is 762. The fraction of sp³-hybridized carbons (Fsp3) is 0.176. The van der Waals surface area contributed by atoms with Crippen LogP contribution in [0, 0.1) is 0 Å². The summed E-state index contributed by atoms with van der Waals surface area (Å²) in [6, 6.07) is 9.01. The van der Waals surface area contributed by atoms with Gasteiger partial charge in [0.25, 0.3) is 5.91 Å². The van der Waals surface area contributed by atoms with Crippen molar-refractivity contribution in [2.24, 2.45) is 0 Å². The number of carboxylic acids is 1. The minimum atomic E-state index is -1.23. The van der Waals surface area contributed by atoms with Gasteiger partial charge in [-0.05, 0) is 30.2 Å². The monoisotopic (exact) mass is 296 g/mol. The molecule has 22 heavy (non-hydrogen) atoms. The number of fused-ring (bicyclic) bond motifs is 1. The maximum absolute atomic E-state index is 12.2. The first kappa shape index (κ1) is 14.1. The molecule has 0 aliphatic carbocycles. The second-order valence-electron chi connectivity index (χ2n) is 5.29. The smallest absolute Gasteiger partial charge is 0.318 e. The molecule has 3 N–H and O–H groups in total. The van der Waals surface area contributed by atoms with Crippen molar-refractivity contribution in [3.8, 4) is 0 Å². The molecule has 1 aromatic carbocycles. The molecule has 3 rings (SSSR count). The van der Waals surface area contributed by atoms with Crippen LogP contribution in [-0.2, 0) is 15.0 Å². The first-order valence-electron chi connectivity index (χ1n) is 7.09. The van der Waals surface area contributed by atoms with E-state index in [0.29, 0.717) is 23.2 Å². The first-order chi connectivity index (χ1) is 10.6. The molecule has 0 fully saturated rings. The molecule has 112 valence electrons. The fourth-order valence-corrected chi connectivity index (χ4v) is 2.86. The molecule has 0 spiro atoms. The van der Waals surface area contributed by atoms with Crippen LogP contribution < -0.4 is 5.32 Å². The Morgan fingerprint density at radius 3 is 2.73 bits per heavy atom. The van der Waals surface area contributed by atoms with Gasteiger partial charge in [0.05, 0.1) is 0 Å². The lowest BCUT2D eigenvalue weighted by Gasteiger charge is -2.24. The standard InChI is InChI=1S/C17H16N2O3/c1-2-17(16(21)22,11-7-8-18-10-11)9-13-12-5-3-4-6-14(12)19-15(13)20/h3-10,18H,2H2,1H3,(H,19,20)(H,21,22). The second kappa shape index (κ2) is 5.18. The summed E-state index contributed by atoms with van der Waals surface area (Å²) in [5.41, 5.74) is 1.25. The summed E-state index contributed by atoms with van der Waals surface area (Å²) in [6.45, 7) is 1.80. The summed E-state index contributed by atoms with van der Waals surface area (Å²) < 4.78 is 0. The summed E-state index contributed by atoms with van der Waals surface area (Å²) in [5.74, 6) is -1.24. The van der Waals surface area contributed by atoms with E-state index in [9.17, 15) is 14.7 Å². The lowest BCUT2D eigenvalue weighted by atomic mass is 9.77. The molecule has 0 saturated carbocycles. The quantitative estimate of drug-likeness (QED) is 0.759. The van der Waals surface area contributed by atoms with Crippen molar-refractivity contribution in [2.75, 3.05) is 5.32 Å². The molecule has 0 radical (unpaired) electrons. The second-order valence-corrected chi connectivity index (χ2v) is 5.29. The van der Waals surface area contributed by atoms with Crippen LogP contribution in [0.4, 0.5) is 5.69 Å². The number of carbonyl (C=O) groups excluding carboxylic acids is 1. The number of benzene rings is 1. The van der Waals surface area contributed by atoms with Gasteiger partial charge in [0.2, 0.25) is 0 Å². The topological polar surface area (TPSA) is 82.2 Å². The maximum Gasteiger partial charge on any atom is 0.318 e. The average molecular weight is 296 g/mol. The van der Waals surface area contributed by atoms with E-state index in [1.54, 1.807) is 37.5 Å². The van der Waals surface area contributed by atoms with Crippen LogP contribution in [-0.4, -0.2) is 22.0 Å². The van der Waals surface area contributed by atoms with Gasteiger partial charge in [-0.2, -0.15) is 0 Å². The highest BCUT2D eigenvalue weighted by atomic mass is 16.4. The highest BCUT2D eigenvalue weighted by Crippen LogP contribution is 2.38. The molecule has 2 heterocycles. The largest absolute Gasteiger partial charge is 0.480 e. The van der Waals surface area contributed by atoms with E-state index in [1.165, 1.54) is 0 Å². The summed E-state index contributed by atoms with van der Waals surface area (Å²) in [4.78, 5) is 27.1.